The maximum absolute atomic E-state index is 13.3. The summed E-state index contributed by atoms with van der Waals surface area (Å²) in [4.78, 5) is 10.3. The van der Waals surface area contributed by atoms with Crippen molar-refractivity contribution in [3.63, 3.8) is 0 Å². The summed E-state index contributed by atoms with van der Waals surface area (Å²) in [6.45, 7) is 0. The Labute approximate surface area is 122 Å². The normalized spacial score (nSPS) is 10.5. The molecule has 0 bridgehead atoms. The second-order valence-electron chi connectivity index (χ2n) is 3.64. The first-order valence-electron chi connectivity index (χ1n) is 4.99. The van der Waals surface area contributed by atoms with Gasteiger partial charge in [0, 0.05) is 11.6 Å². The zero-order chi connectivity index (χ0) is 14.2. The molecule has 98 valence electrons. The Morgan fingerprint density at radius 2 is 1.68 bits per heavy atom. The van der Waals surface area contributed by atoms with Gasteiger partial charge < -0.3 is 0 Å². The second-order valence-corrected chi connectivity index (χ2v) is 4.83. The van der Waals surface area contributed by atoms with Crippen LogP contribution in [0.2, 0.25) is 15.1 Å². The van der Waals surface area contributed by atoms with Crippen LogP contribution in [0.15, 0.2) is 30.3 Å². The molecular weight excluding hydrogens is 315 g/mol. The molecule has 0 heterocycles. The highest BCUT2D eigenvalue weighted by Crippen LogP contribution is 2.42. The molecule has 0 aliphatic rings. The largest absolute Gasteiger partial charge is 0.277 e. The number of nitro benzene ring substituents is 1. The van der Waals surface area contributed by atoms with Gasteiger partial charge in [0.05, 0.1) is 25.6 Å². The van der Waals surface area contributed by atoms with Crippen molar-refractivity contribution >= 4 is 40.5 Å². The lowest BCUT2D eigenvalue weighted by Gasteiger charge is -2.09. The number of rotatable bonds is 2. The lowest BCUT2D eigenvalue weighted by molar-refractivity contribution is -0.384. The Bertz CT molecular complexity index is 676. The van der Waals surface area contributed by atoms with Crippen LogP contribution < -0.4 is 0 Å². The highest BCUT2D eigenvalue weighted by molar-refractivity contribution is 6.46. The molecule has 7 heteroatoms. The second kappa shape index (κ2) is 5.33. The van der Waals surface area contributed by atoms with Gasteiger partial charge in [-0.05, 0) is 24.3 Å². The number of halogens is 4. The molecule has 2 rings (SSSR count). The van der Waals surface area contributed by atoms with E-state index in [-0.39, 0.29) is 31.9 Å². The molecule has 19 heavy (non-hydrogen) atoms. The summed E-state index contributed by atoms with van der Waals surface area (Å²) in [5.41, 5.74) is -0.169. The summed E-state index contributed by atoms with van der Waals surface area (Å²) in [6, 6.07) is 5.95. The molecule has 0 atom stereocenters. The minimum atomic E-state index is -0.637. The van der Waals surface area contributed by atoms with Gasteiger partial charge in [-0.15, -0.1) is 0 Å². The van der Waals surface area contributed by atoms with Gasteiger partial charge in [0.15, 0.2) is 0 Å². The van der Waals surface area contributed by atoms with Crippen LogP contribution in [0.1, 0.15) is 0 Å². The smallest absolute Gasteiger partial charge is 0.258 e. The number of nitro groups is 1. The highest BCUT2D eigenvalue weighted by atomic mass is 35.5. The Morgan fingerprint density at radius 3 is 2.32 bits per heavy atom. The number of nitrogens with zero attached hydrogens (tertiary/aromatic N) is 1. The molecule has 0 amide bonds. The standard InChI is InChI=1S/C12H5Cl3FNO2/c13-8-2-3-9(14)12(15)11(8)7-5-6(16)1-4-10(7)17(18)19/h1-5H. The van der Waals surface area contributed by atoms with Crippen LogP contribution in [0, 0.1) is 15.9 Å². The molecule has 2 aromatic rings. The van der Waals surface area contributed by atoms with Crippen molar-refractivity contribution in [2.45, 2.75) is 0 Å². The van der Waals surface area contributed by atoms with Gasteiger partial charge in [0.25, 0.3) is 5.69 Å². The molecule has 0 spiro atoms. The summed E-state index contributed by atoms with van der Waals surface area (Å²) in [6.07, 6.45) is 0. The van der Waals surface area contributed by atoms with E-state index in [4.69, 9.17) is 34.8 Å². The molecule has 3 nitrogen and oxygen atoms in total. The third-order valence-corrected chi connectivity index (χ3v) is 3.59. The van der Waals surface area contributed by atoms with Gasteiger partial charge in [0.1, 0.15) is 5.82 Å². The van der Waals surface area contributed by atoms with Crippen molar-refractivity contribution < 1.29 is 9.31 Å². The van der Waals surface area contributed by atoms with Crippen molar-refractivity contribution in [2.75, 3.05) is 0 Å². The van der Waals surface area contributed by atoms with E-state index in [2.05, 4.69) is 0 Å². The first-order valence-corrected chi connectivity index (χ1v) is 6.13. The first kappa shape index (κ1) is 14.1. The predicted molar refractivity (Wildman–Crippen MR) is 73.5 cm³/mol. The maximum atomic E-state index is 13.3. The Kier molecular flexibility index (Phi) is 3.94. The fourth-order valence-corrected chi connectivity index (χ4v) is 2.37. The van der Waals surface area contributed by atoms with Gasteiger partial charge in [-0.3, -0.25) is 10.1 Å². The summed E-state index contributed by atoms with van der Waals surface area (Å²) in [7, 11) is 0. The van der Waals surface area contributed by atoms with Gasteiger partial charge in [0.2, 0.25) is 0 Å². The Morgan fingerprint density at radius 1 is 1.05 bits per heavy atom. The minimum absolute atomic E-state index is 0.0116. The Balaban J connectivity index is 2.82. The molecule has 0 saturated heterocycles. The van der Waals surface area contributed by atoms with Crippen molar-refractivity contribution in [3.8, 4) is 11.1 Å². The SMILES string of the molecule is O=[N+]([O-])c1ccc(F)cc1-c1c(Cl)ccc(Cl)c1Cl. The molecule has 0 N–H and O–H groups in total. The summed E-state index contributed by atoms with van der Waals surface area (Å²) in [5, 5.41) is 11.4. The molecule has 2 aromatic carbocycles. The van der Waals surface area contributed by atoms with Gasteiger partial charge in [-0.2, -0.15) is 0 Å². The zero-order valence-corrected chi connectivity index (χ0v) is 11.4. The highest BCUT2D eigenvalue weighted by Gasteiger charge is 2.21. The van der Waals surface area contributed by atoms with Crippen molar-refractivity contribution in [3.05, 3.63) is 61.3 Å². The summed E-state index contributed by atoms with van der Waals surface area (Å²) >= 11 is 17.8. The predicted octanol–water partition coefficient (Wildman–Crippen LogP) is 5.36. The van der Waals surface area contributed by atoms with Crippen LogP contribution in [0.25, 0.3) is 11.1 Å². The van der Waals surface area contributed by atoms with Crippen LogP contribution in [0.4, 0.5) is 10.1 Å². The number of hydrogen-bond donors (Lipinski definition) is 0. The van der Waals surface area contributed by atoms with Crippen molar-refractivity contribution in [2.24, 2.45) is 0 Å². The molecule has 0 aliphatic carbocycles. The molecular formula is C12H5Cl3FNO2. The first-order chi connectivity index (χ1) is 8.91. The van der Waals surface area contributed by atoms with Crippen LogP contribution >= 0.6 is 34.8 Å². The Hall–Kier alpha value is -1.36. The molecule has 0 saturated carbocycles. The van der Waals surface area contributed by atoms with E-state index in [0.29, 0.717) is 0 Å². The van der Waals surface area contributed by atoms with Crippen LogP contribution in [-0.2, 0) is 0 Å². The lowest BCUT2D eigenvalue weighted by Crippen LogP contribution is -1.94. The van der Waals surface area contributed by atoms with E-state index < -0.39 is 10.7 Å². The molecule has 0 unspecified atom stereocenters. The molecule has 0 fully saturated rings. The van der Waals surface area contributed by atoms with Crippen LogP contribution in [-0.4, -0.2) is 4.92 Å². The fourth-order valence-electron chi connectivity index (χ4n) is 1.64. The minimum Gasteiger partial charge on any atom is -0.258 e. The van der Waals surface area contributed by atoms with Gasteiger partial charge >= 0.3 is 0 Å². The van der Waals surface area contributed by atoms with E-state index in [1.807, 2.05) is 0 Å². The van der Waals surface area contributed by atoms with Crippen molar-refractivity contribution in [1.82, 2.24) is 0 Å². The molecule has 0 aromatic heterocycles. The van der Waals surface area contributed by atoms with E-state index in [0.717, 1.165) is 18.2 Å². The van der Waals surface area contributed by atoms with Crippen molar-refractivity contribution in [1.29, 1.82) is 0 Å². The van der Waals surface area contributed by atoms with E-state index in [9.17, 15) is 14.5 Å². The lowest BCUT2D eigenvalue weighted by atomic mass is 10.0. The summed E-state index contributed by atoms with van der Waals surface area (Å²) < 4.78 is 13.3. The number of hydrogen-bond acceptors (Lipinski definition) is 2. The quantitative estimate of drug-likeness (QED) is 0.424. The fraction of sp³-hybridized carbons (Fsp3) is 0. The monoisotopic (exact) mass is 319 g/mol. The van der Waals surface area contributed by atoms with Crippen LogP contribution in [0.5, 0.6) is 0 Å². The molecule has 0 aliphatic heterocycles. The molecule has 0 radical (unpaired) electrons. The third kappa shape index (κ3) is 2.66. The van der Waals surface area contributed by atoms with Gasteiger partial charge in [-0.25, -0.2) is 4.39 Å². The van der Waals surface area contributed by atoms with E-state index in [1.54, 1.807) is 0 Å². The topological polar surface area (TPSA) is 43.1 Å². The van der Waals surface area contributed by atoms with E-state index in [1.165, 1.54) is 12.1 Å². The average molecular weight is 321 g/mol. The zero-order valence-electron chi connectivity index (χ0n) is 9.16. The third-order valence-electron chi connectivity index (χ3n) is 2.47. The summed E-state index contributed by atoms with van der Waals surface area (Å²) in [5.74, 6) is -0.632. The average Bonchev–Trinajstić information content (AvgIpc) is 2.34. The van der Waals surface area contributed by atoms with Crippen LogP contribution in [0.3, 0.4) is 0 Å². The van der Waals surface area contributed by atoms with E-state index >= 15 is 0 Å². The number of benzene rings is 2. The van der Waals surface area contributed by atoms with Gasteiger partial charge in [-0.1, -0.05) is 34.8 Å². The maximum Gasteiger partial charge on any atom is 0.277 e.